The first-order valence-electron chi connectivity index (χ1n) is 39.0. The van der Waals surface area contributed by atoms with E-state index < -0.39 is 97.5 Å². The molecule has 0 fully saturated rings. The highest BCUT2D eigenvalue weighted by molar-refractivity contribution is 7.47. The lowest BCUT2D eigenvalue weighted by atomic mass is 10.0. The first-order valence-corrected chi connectivity index (χ1v) is 42.0. The van der Waals surface area contributed by atoms with Gasteiger partial charge in [-0.1, -0.05) is 337 Å². The van der Waals surface area contributed by atoms with Gasteiger partial charge in [0.25, 0.3) is 0 Å². The molecule has 0 aliphatic heterocycles. The number of esters is 4. The summed E-state index contributed by atoms with van der Waals surface area (Å²) < 4.78 is 68.3. The average molecular weight is 1380 g/mol. The van der Waals surface area contributed by atoms with Gasteiger partial charge >= 0.3 is 39.5 Å². The number of phosphoric acid groups is 2. The van der Waals surface area contributed by atoms with Crippen LogP contribution in [0.15, 0.2) is 0 Å². The Kier molecular flexibility index (Phi) is 65.5. The van der Waals surface area contributed by atoms with E-state index in [1.165, 1.54) is 199 Å². The third kappa shape index (κ3) is 68.6. The van der Waals surface area contributed by atoms with E-state index in [1.54, 1.807) is 0 Å². The van der Waals surface area contributed by atoms with E-state index in [2.05, 4.69) is 41.5 Å². The van der Waals surface area contributed by atoms with Crippen molar-refractivity contribution in [2.45, 2.75) is 407 Å². The Morgan fingerprint density at radius 2 is 0.489 bits per heavy atom. The van der Waals surface area contributed by atoms with E-state index in [4.69, 9.17) is 37.0 Å². The smallest absolute Gasteiger partial charge is 0.462 e. The molecule has 94 heavy (non-hydrogen) atoms. The Hall–Kier alpha value is -1.94. The monoisotopic (exact) mass is 1380 g/mol. The maximum atomic E-state index is 13.1. The molecule has 2 unspecified atom stereocenters. The molecular formula is C75H146O17P2. The zero-order valence-corrected chi connectivity index (χ0v) is 63.1. The molecule has 0 aliphatic rings. The summed E-state index contributed by atoms with van der Waals surface area (Å²) in [5.41, 5.74) is 0. The van der Waals surface area contributed by atoms with Crippen molar-refractivity contribution in [3.05, 3.63) is 0 Å². The van der Waals surface area contributed by atoms with Crippen LogP contribution < -0.4 is 0 Å². The van der Waals surface area contributed by atoms with Crippen LogP contribution in [0, 0.1) is 11.8 Å². The summed E-state index contributed by atoms with van der Waals surface area (Å²) in [6.45, 7) is 9.54. The van der Waals surface area contributed by atoms with E-state index in [1.807, 2.05) is 0 Å². The topological polar surface area (TPSA) is 237 Å². The molecule has 0 rings (SSSR count). The van der Waals surface area contributed by atoms with Crippen LogP contribution in [-0.2, 0) is 65.4 Å². The van der Waals surface area contributed by atoms with Gasteiger partial charge in [0.2, 0.25) is 0 Å². The summed E-state index contributed by atoms with van der Waals surface area (Å²) in [6.07, 6.45) is 54.5. The third-order valence-corrected chi connectivity index (χ3v) is 19.4. The predicted molar refractivity (Wildman–Crippen MR) is 381 cm³/mol. The lowest BCUT2D eigenvalue weighted by Gasteiger charge is -2.21. The summed E-state index contributed by atoms with van der Waals surface area (Å²) in [6, 6.07) is 0. The summed E-state index contributed by atoms with van der Waals surface area (Å²) in [5, 5.41) is 10.6. The van der Waals surface area contributed by atoms with Gasteiger partial charge in [0.05, 0.1) is 26.4 Å². The van der Waals surface area contributed by atoms with Gasteiger partial charge in [-0.3, -0.25) is 37.3 Å². The number of unbranched alkanes of at least 4 members (excludes halogenated alkanes) is 44. The molecule has 0 aliphatic carbocycles. The van der Waals surface area contributed by atoms with Crippen LogP contribution in [0.2, 0.25) is 0 Å². The quantitative estimate of drug-likeness (QED) is 0.0222. The Morgan fingerprint density at radius 3 is 0.723 bits per heavy atom. The van der Waals surface area contributed by atoms with Crippen LogP contribution in [0.5, 0.6) is 0 Å². The van der Waals surface area contributed by atoms with E-state index in [9.17, 15) is 43.2 Å². The molecule has 5 atom stereocenters. The molecular weight excluding hydrogens is 1230 g/mol. The lowest BCUT2D eigenvalue weighted by molar-refractivity contribution is -0.161. The molecule has 0 aromatic heterocycles. The first kappa shape index (κ1) is 92.1. The molecule has 0 spiro atoms. The SMILES string of the molecule is CCCCCCCCCCCCCCCCC(=O)O[C@H](COC(=O)CCCCCCC)COP(=O)(O)OC[C@H](O)COP(=O)(O)OC[C@@H](COC(=O)CCCCCCCCCCCCCC(C)C)OC(=O)CCCCCCCCCCCCCCCCCCCCC(C)C. The Labute approximate surface area is 575 Å². The number of hydrogen-bond acceptors (Lipinski definition) is 15. The number of ether oxygens (including phenoxy) is 4. The molecule has 0 saturated heterocycles. The fraction of sp³-hybridized carbons (Fsp3) is 0.947. The van der Waals surface area contributed by atoms with Gasteiger partial charge < -0.3 is 33.8 Å². The summed E-state index contributed by atoms with van der Waals surface area (Å²) in [4.78, 5) is 72.5. The van der Waals surface area contributed by atoms with Crippen molar-refractivity contribution in [3.63, 3.8) is 0 Å². The number of hydrogen-bond donors (Lipinski definition) is 3. The molecule has 0 aromatic rings. The van der Waals surface area contributed by atoms with Gasteiger partial charge in [0.1, 0.15) is 19.3 Å². The van der Waals surface area contributed by atoms with Crippen molar-refractivity contribution in [2.24, 2.45) is 11.8 Å². The number of aliphatic hydroxyl groups is 1. The minimum Gasteiger partial charge on any atom is -0.462 e. The van der Waals surface area contributed by atoms with Crippen LogP contribution in [0.25, 0.3) is 0 Å². The molecule has 0 heterocycles. The molecule has 558 valence electrons. The molecule has 17 nitrogen and oxygen atoms in total. The second-order valence-corrected chi connectivity index (χ2v) is 30.9. The molecule has 0 amide bonds. The van der Waals surface area contributed by atoms with E-state index in [-0.39, 0.29) is 25.7 Å². The summed E-state index contributed by atoms with van der Waals surface area (Å²) >= 11 is 0. The van der Waals surface area contributed by atoms with Gasteiger partial charge in [0, 0.05) is 25.7 Å². The maximum absolute atomic E-state index is 13.1. The minimum absolute atomic E-state index is 0.107. The highest BCUT2D eigenvalue weighted by atomic mass is 31.2. The van der Waals surface area contributed by atoms with Crippen LogP contribution in [0.1, 0.15) is 388 Å². The van der Waals surface area contributed by atoms with Crippen molar-refractivity contribution in [2.75, 3.05) is 39.6 Å². The van der Waals surface area contributed by atoms with Crippen LogP contribution >= 0.6 is 15.6 Å². The number of rotatable bonds is 74. The van der Waals surface area contributed by atoms with E-state index >= 15 is 0 Å². The second-order valence-electron chi connectivity index (χ2n) is 28.0. The van der Waals surface area contributed by atoms with Crippen molar-refractivity contribution in [3.8, 4) is 0 Å². The predicted octanol–water partition coefficient (Wildman–Crippen LogP) is 21.9. The van der Waals surface area contributed by atoms with Crippen molar-refractivity contribution < 1.29 is 80.2 Å². The highest BCUT2D eigenvalue weighted by Gasteiger charge is 2.30. The maximum Gasteiger partial charge on any atom is 0.472 e. The van der Waals surface area contributed by atoms with Crippen LogP contribution in [0.4, 0.5) is 0 Å². The van der Waals surface area contributed by atoms with Gasteiger partial charge in [-0.15, -0.1) is 0 Å². The number of carbonyl (C=O) groups excluding carboxylic acids is 4. The number of phosphoric ester groups is 2. The van der Waals surface area contributed by atoms with Gasteiger partial charge in [0.15, 0.2) is 12.2 Å². The van der Waals surface area contributed by atoms with Gasteiger partial charge in [-0.25, -0.2) is 9.13 Å². The summed E-state index contributed by atoms with van der Waals surface area (Å²) in [7, 11) is -9.90. The summed E-state index contributed by atoms with van der Waals surface area (Å²) in [5.74, 6) is -0.536. The number of aliphatic hydroxyl groups excluding tert-OH is 1. The van der Waals surface area contributed by atoms with Crippen LogP contribution in [-0.4, -0.2) is 96.7 Å². The molecule has 0 radical (unpaired) electrons. The van der Waals surface area contributed by atoms with Crippen molar-refractivity contribution in [1.82, 2.24) is 0 Å². The Morgan fingerprint density at radius 1 is 0.287 bits per heavy atom. The molecule has 0 saturated carbocycles. The Balaban J connectivity index is 5.12. The second kappa shape index (κ2) is 66.9. The van der Waals surface area contributed by atoms with Crippen molar-refractivity contribution >= 4 is 39.5 Å². The lowest BCUT2D eigenvalue weighted by Crippen LogP contribution is -2.30. The largest absolute Gasteiger partial charge is 0.472 e. The average Bonchev–Trinajstić information content (AvgIpc) is 1.89. The van der Waals surface area contributed by atoms with Crippen molar-refractivity contribution in [1.29, 1.82) is 0 Å². The third-order valence-electron chi connectivity index (χ3n) is 17.5. The highest BCUT2D eigenvalue weighted by Crippen LogP contribution is 2.45. The standard InChI is InChI=1S/C75H146O17P2/c1-7-9-11-13-14-15-16-17-25-30-36-41-47-53-59-74(79)91-70(63-85-72(77)57-51-43-12-10-8-2)65-89-93(81,82)87-61-69(76)62-88-94(83,84)90-66-71(64-86-73(78)58-52-46-40-35-32-27-29-34-39-45-50-56-68(5)6)92-75(80)60-54-48-42-37-31-26-23-21-19-18-20-22-24-28-33-38-44-49-55-67(3)4/h67-71,76H,7-66H2,1-6H3,(H,81,82)(H,83,84)/t69-,70+,71+/m0/s1. The molecule has 0 aromatic carbocycles. The van der Waals surface area contributed by atoms with E-state index in [0.29, 0.717) is 25.7 Å². The first-order chi connectivity index (χ1) is 45.4. The zero-order chi connectivity index (χ0) is 69.3. The fourth-order valence-electron chi connectivity index (χ4n) is 11.5. The van der Waals surface area contributed by atoms with Crippen LogP contribution in [0.3, 0.4) is 0 Å². The zero-order valence-electron chi connectivity index (χ0n) is 61.3. The number of carbonyl (C=O) groups is 4. The molecule has 0 bridgehead atoms. The van der Waals surface area contributed by atoms with Gasteiger partial charge in [-0.05, 0) is 37.5 Å². The molecule has 3 N–H and O–H groups in total. The van der Waals surface area contributed by atoms with E-state index in [0.717, 1.165) is 108 Å². The fourth-order valence-corrected chi connectivity index (χ4v) is 13.1. The normalized spacial score (nSPS) is 14.0. The molecule has 19 heteroatoms. The Bertz CT molecular complexity index is 1820. The van der Waals surface area contributed by atoms with Gasteiger partial charge in [-0.2, -0.15) is 0 Å². The minimum atomic E-state index is -4.95.